The Morgan fingerprint density at radius 3 is 1.89 bits per heavy atom. The van der Waals surface area contributed by atoms with Crippen molar-refractivity contribution >= 4 is 17.6 Å². The smallest absolute Gasteiger partial charge is 0.408 e. The fourth-order valence-corrected chi connectivity index (χ4v) is 7.86. The van der Waals surface area contributed by atoms with Crippen molar-refractivity contribution in [1.82, 2.24) is 10.2 Å². The Morgan fingerprint density at radius 2 is 1.44 bits per heavy atom. The number of nitrogens with zero attached hydrogens (tertiary/aromatic N) is 2. The van der Waals surface area contributed by atoms with Gasteiger partial charge in [0.25, 0.3) is 0 Å². The lowest BCUT2D eigenvalue weighted by molar-refractivity contribution is -0.126. The first-order valence-corrected chi connectivity index (χ1v) is 28.0. The average Bonchev–Trinajstić information content (AvgIpc) is 3.35. The molecule has 0 saturated heterocycles. The molecule has 2 rings (SSSR count). The number of hydrogen-bond acceptors (Lipinski definition) is 8. The van der Waals surface area contributed by atoms with Crippen LogP contribution < -0.4 is 5.32 Å². The number of amides is 1. The Hall–Kier alpha value is -2.59. The molecule has 1 aromatic carbocycles. The molecule has 0 aliphatic heterocycles. The molecule has 1 saturated carbocycles. The Balaban J connectivity index is -0.000000380. The van der Waals surface area contributed by atoms with Gasteiger partial charge in [0.05, 0.1) is 6.10 Å². The van der Waals surface area contributed by atoms with Crippen LogP contribution >= 0.6 is 0 Å². The topological polar surface area (TPSA) is 121 Å². The van der Waals surface area contributed by atoms with Gasteiger partial charge in [0.2, 0.25) is 0 Å². The van der Waals surface area contributed by atoms with Crippen LogP contribution in [-0.4, -0.2) is 91.9 Å². The maximum Gasteiger partial charge on any atom is 0.408 e. The molecule has 0 spiro atoms. The maximum absolute atomic E-state index is 13.2. The molecule has 9 nitrogen and oxygen atoms in total. The third-order valence-electron chi connectivity index (χ3n) is 13.7. The van der Waals surface area contributed by atoms with E-state index in [0.717, 1.165) is 81.1 Å². The first-order chi connectivity index (χ1) is 33.0. The molecule has 8 atom stereocenters. The summed E-state index contributed by atoms with van der Waals surface area (Å²) in [6.45, 7) is 47.1. The molecule has 1 amide bonds. The summed E-state index contributed by atoms with van der Waals surface area (Å²) in [7, 11) is 6.60. The Kier molecular flexibility index (Phi) is 53.1. The van der Waals surface area contributed by atoms with Crippen LogP contribution in [0.25, 0.3) is 0 Å². The number of ketones is 1. The molecule has 0 aromatic heterocycles. The number of ether oxygens (including phenoxy) is 2. The van der Waals surface area contributed by atoms with Gasteiger partial charge >= 0.3 is 6.09 Å². The first kappa shape index (κ1) is 76.3. The number of carbonyl (C=O) groups is 2. The summed E-state index contributed by atoms with van der Waals surface area (Å²) in [5, 5.41) is 18.5. The number of hydrogen-bond donors (Lipinski definition) is 3. The number of rotatable bonds is 19. The lowest BCUT2D eigenvalue weighted by Crippen LogP contribution is -2.44. The van der Waals surface area contributed by atoms with Crippen LogP contribution in [-0.2, 0) is 20.8 Å². The van der Waals surface area contributed by atoms with Gasteiger partial charge in [-0.15, -0.1) is 0 Å². The summed E-state index contributed by atoms with van der Waals surface area (Å²) in [6, 6.07) is 10.3. The number of aliphatic hydroxyl groups excluding tert-OH is 2. The number of alkyl carbamates (subject to hydrolysis) is 1. The Bertz CT molecular complexity index is 1370. The lowest BCUT2D eigenvalue weighted by atomic mass is 9.72. The Labute approximate surface area is 436 Å². The van der Waals surface area contributed by atoms with E-state index in [2.05, 4.69) is 112 Å². The van der Waals surface area contributed by atoms with E-state index in [-0.39, 0.29) is 29.6 Å². The van der Waals surface area contributed by atoms with Crippen molar-refractivity contribution in [2.75, 3.05) is 41.5 Å². The van der Waals surface area contributed by atoms with Crippen LogP contribution in [0.4, 0.5) is 4.79 Å². The van der Waals surface area contributed by atoms with Crippen LogP contribution in [0, 0.1) is 47.3 Å². The molecule has 1 aliphatic carbocycles. The predicted octanol–water partition coefficient (Wildman–Crippen LogP) is 16.1. The van der Waals surface area contributed by atoms with E-state index < -0.39 is 11.7 Å². The van der Waals surface area contributed by atoms with Crippen molar-refractivity contribution in [3.8, 4) is 0 Å². The standard InChI is InChI=1S/C34H54N2O4.C10H22.C7H17NO.C5H12.2C2H6.CH4O/c1-23(2)19-30(35-8)18-17-29-16-15-24(3)31(37)20-32(39-9)26(5)27(6)34(7,21-25(29)4)40-33(38)36-22-28-13-11-10-12-14-28;1-5-10(4)8-6-7-9(2)3;1-4-8(3)7(2)5-6-9;1-4-5(2)3;3*1-2/h10-14,23-26,29,32H,6,15-22H2,1-5,7-9H3,(H,36,38);9-10H,5-8H2,1-4H3;7,9H,4-6H2,1-3H3;5H,4H2,1-3H3;2*1-2H3;2H,1H3/t24?,25-,26?,29-,32+,34-;10-;;;;;/m00...../s1. The number of methoxy groups -OCH3 is 1. The van der Waals surface area contributed by atoms with E-state index >= 15 is 0 Å². The second-order valence-corrected chi connectivity index (χ2v) is 20.6. The summed E-state index contributed by atoms with van der Waals surface area (Å²) in [5.41, 5.74) is 2.13. The lowest BCUT2D eigenvalue weighted by Gasteiger charge is -2.40. The van der Waals surface area contributed by atoms with Gasteiger partial charge in [0.1, 0.15) is 11.4 Å². The summed E-state index contributed by atoms with van der Waals surface area (Å²) in [5.74, 6) is 3.94. The maximum atomic E-state index is 13.2. The summed E-state index contributed by atoms with van der Waals surface area (Å²) in [4.78, 5) is 33.1. The van der Waals surface area contributed by atoms with Crippen molar-refractivity contribution in [2.24, 2.45) is 52.3 Å². The molecule has 1 aromatic rings. The molecule has 3 unspecified atom stereocenters. The SMILES string of the molecule is C=C1C(C)[C@H](OC)CC(=O)C(C)CC[C@@H](CCC(CC(C)C)=NC)[C@@H](C)C[C@]1(C)OC(=O)NCc1ccccc1.CC.CC.CCC(C)C.CCN(C)C(C)CCO.CC[C@H](C)CCCC(C)C.CO. The molecule has 416 valence electrons. The van der Waals surface area contributed by atoms with Gasteiger partial charge in [0, 0.05) is 64.4 Å². The average molecular weight is 993 g/mol. The van der Waals surface area contributed by atoms with Gasteiger partial charge in [0.15, 0.2) is 0 Å². The van der Waals surface area contributed by atoms with Crippen molar-refractivity contribution in [3.63, 3.8) is 0 Å². The third-order valence-corrected chi connectivity index (χ3v) is 13.7. The van der Waals surface area contributed by atoms with Crippen LogP contribution in [0.3, 0.4) is 0 Å². The Morgan fingerprint density at radius 1 is 0.886 bits per heavy atom. The quantitative estimate of drug-likeness (QED) is 0.0932. The van der Waals surface area contributed by atoms with E-state index in [4.69, 9.17) is 19.7 Å². The molecular weight excluding hydrogens is 871 g/mol. The molecule has 1 fully saturated rings. The molecule has 9 heteroatoms. The molecule has 70 heavy (non-hydrogen) atoms. The molecule has 0 radical (unpaired) electrons. The fourth-order valence-electron chi connectivity index (χ4n) is 7.86. The van der Waals surface area contributed by atoms with Gasteiger partial charge in [-0.1, -0.05) is 187 Å². The number of aliphatic hydroxyl groups is 2. The molecule has 0 heterocycles. The van der Waals surface area contributed by atoms with Gasteiger partial charge in [-0.3, -0.25) is 9.79 Å². The molecule has 1 aliphatic rings. The first-order valence-electron chi connectivity index (χ1n) is 28.0. The number of Topliss-reactive ketones (excluding diaryl/α,β-unsaturated/α-hetero) is 1. The van der Waals surface area contributed by atoms with Gasteiger partial charge < -0.3 is 29.9 Å². The normalized spacial score (nSPS) is 21.4. The highest BCUT2D eigenvalue weighted by Crippen LogP contribution is 2.40. The van der Waals surface area contributed by atoms with Crippen molar-refractivity contribution in [3.05, 3.63) is 48.0 Å². The third kappa shape index (κ3) is 39.0. The summed E-state index contributed by atoms with van der Waals surface area (Å²) >= 11 is 0. The number of benzene rings is 1. The van der Waals surface area contributed by atoms with Gasteiger partial charge in [-0.25, -0.2) is 4.79 Å². The second kappa shape index (κ2) is 48.7. The van der Waals surface area contributed by atoms with Crippen molar-refractivity contribution in [1.29, 1.82) is 0 Å². The monoisotopic (exact) mass is 992 g/mol. The van der Waals surface area contributed by atoms with Crippen LogP contribution in [0.5, 0.6) is 0 Å². The van der Waals surface area contributed by atoms with E-state index in [1.807, 2.05) is 85.8 Å². The van der Waals surface area contributed by atoms with E-state index in [1.54, 1.807) is 7.11 Å². The van der Waals surface area contributed by atoms with E-state index in [1.165, 1.54) is 37.8 Å². The van der Waals surface area contributed by atoms with Crippen LogP contribution in [0.2, 0.25) is 0 Å². The van der Waals surface area contributed by atoms with E-state index in [9.17, 15) is 9.59 Å². The van der Waals surface area contributed by atoms with Crippen molar-refractivity contribution < 1.29 is 29.3 Å². The molecular formula is C61H121N3O6. The summed E-state index contributed by atoms with van der Waals surface area (Å²) in [6.07, 6.45) is 12.7. The molecule has 3 N–H and O–H groups in total. The zero-order valence-corrected chi connectivity index (χ0v) is 50.6. The molecule has 0 bridgehead atoms. The highest BCUT2D eigenvalue weighted by atomic mass is 16.6. The highest BCUT2D eigenvalue weighted by Gasteiger charge is 2.41. The fraction of sp³-hybridized carbons (Fsp3) is 0.820. The highest BCUT2D eigenvalue weighted by molar-refractivity contribution is 5.84. The predicted molar refractivity (Wildman–Crippen MR) is 308 cm³/mol. The minimum atomic E-state index is -0.915. The summed E-state index contributed by atoms with van der Waals surface area (Å²) < 4.78 is 12.0. The minimum absolute atomic E-state index is 0.0198. The van der Waals surface area contributed by atoms with Gasteiger partial charge in [-0.05, 0) is 119 Å². The van der Waals surface area contributed by atoms with Crippen LogP contribution in [0.1, 0.15) is 221 Å². The van der Waals surface area contributed by atoms with E-state index in [0.29, 0.717) is 43.9 Å². The minimum Gasteiger partial charge on any atom is -0.439 e. The van der Waals surface area contributed by atoms with Crippen LogP contribution in [0.15, 0.2) is 47.5 Å². The van der Waals surface area contributed by atoms with Gasteiger partial charge in [-0.2, -0.15) is 0 Å². The number of carbonyl (C=O) groups excluding carboxylic acids is 2. The zero-order chi connectivity index (χ0) is 55.4. The number of nitrogens with one attached hydrogen (secondary N) is 1. The zero-order valence-electron chi connectivity index (χ0n) is 50.6. The van der Waals surface area contributed by atoms with Crippen molar-refractivity contribution in [2.45, 2.75) is 239 Å². The second-order valence-electron chi connectivity index (χ2n) is 20.6. The number of aliphatic imine (C=N–C) groups is 1. The largest absolute Gasteiger partial charge is 0.439 e.